The summed E-state index contributed by atoms with van der Waals surface area (Å²) in [5.41, 5.74) is 4.57. The van der Waals surface area contributed by atoms with Crippen LogP contribution in [-0.4, -0.2) is 36.6 Å². The molecule has 3 N–H and O–H groups in total. The van der Waals surface area contributed by atoms with Crippen LogP contribution in [0, 0.1) is 0 Å². The molecule has 0 aliphatic rings. The summed E-state index contributed by atoms with van der Waals surface area (Å²) >= 11 is 0. The number of rotatable bonds is 4. The van der Waals surface area contributed by atoms with Crippen LogP contribution in [-0.2, 0) is 6.18 Å². The minimum Gasteiger partial charge on any atom is -0.384 e. The first-order chi connectivity index (χ1) is 8.18. The smallest absolute Gasteiger partial charge is 0.384 e. The van der Waals surface area contributed by atoms with Crippen molar-refractivity contribution in [2.75, 3.05) is 31.7 Å². The van der Waals surface area contributed by atoms with Gasteiger partial charge in [-0.25, -0.2) is 4.98 Å². The predicted octanol–water partition coefficient (Wildman–Crippen LogP) is 2.04. The summed E-state index contributed by atoms with van der Waals surface area (Å²) in [6.45, 7) is 2.54. The van der Waals surface area contributed by atoms with Gasteiger partial charge in [0, 0.05) is 12.6 Å². The van der Waals surface area contributed by atoms with Crippen molar-refractivity contribution < 1.29 is 13.2 Å². The summed E-state index contributed by atoms with van der Waals surface area (Å²) in [6, 6.07) is 1.75. The molecule has 18 heavy (non-hydrogen) atoms. The van der Waals surface area contributed by atoms with Gasteiger partial charge in [-0.2, -0.15) is 13.2 Å². The average molecular weight is 262 g/mol. The van der Waals surface area contributed by atoms with Crippen molar-refractivity contribution in [1.82, 2.24) is 9.88 Å². The molecule has 4 nitrogen and oxygen atoms in total. The first-order valence-electron chi connectivity index (χ1n) is 5.44. The van der Waals surface area contributed by atoms with Gasteiger partial charge in [0.2, 0.25) is 0 Å². The van der Waals surface area contributed by atoms with E-state index < -0.39 is 11.7 Å². The molecule has 0 saturated heterocycles. The van der Waals surface area contributed by atoms with Crippen LogP contribution in [0.5, 0.6) is 0 Å². The molecule has 0 aliphatic heterocycles. The number of hydrogen-bond acceptors (Lipinski definition) is 4. The molecule has 1 rings (SSSR count). The normalized spacial score (nSPS) is 13.7. The molecule has 1 unspecified atom stereocenters. The number of anilines is 2. The van der Waals surface area contributed by atoms with Crippen LogP contribution < -0.4 is 11.1 Å². The van der Waals surface area contributed by atoms with Gasteiger partial charge in [0.25, 0.3) is 0 Å². The first kappa shape index (κ1) is 14.6. The molecule has 1 aromatic rings. The second-order valence-electron chi connectivity index (χ2n) is 4.47. The Morgan fingerprint density at radius 1 is 1.39 bits per heavy atom. The van der Waals surface area contributed by atoms with E-state index in [1.807, 2.05) is 25.9 Å². The van der Waals surface area contributed by atoms with Crippen molar-refractivity contribution in [1.29, 1.82) is 0 Å². The largest absolute Gasteiger partial charge is 0.416 e. The molecule has 0 radical (unpaired) electrons. The topological polar surface area (TPSA) is 54.2 Å². The van der Waals surface area contributed by atoms with Crippen molar-refractivity contribution >= 4 is 11.6 Å². The van der Waals surface area contributed by atoms with Gasteiger partial charge in [0.1, 0.15) is 11.6 Å². The van der Waals surface area contributed by atoms with Crippen LogP contribution in [0.2, 0.25) is 0 Å². The van der Waals surface area contributed by atoms with E-state index in [9.17, 15) is 13.2 Å². The van der Waals surface area contributed by atoms with E-state index in [1.165, 1.54) is 0 Å². The van der Waals surface area contributed by atoms with E-state index in [1.54, 1.807) is 0 Å². The summed E-state index contributed by atoms with van der Waals surface area (Å²) in [5, 5.41) is 2.89. The highest BCUT2D eigenvalue weighted by molar-refractivity contribution is 5.47. The van der Waals surface area contributed by atoms with E-state index in [0.29, 0.717) is 6.54 Å². The summed E-state index contributed by atoms with van der Waals surface area (Å²) in [4.78, 5) is 5.77. The maximum atomic E-state index is 12.6. The number of nitrogens with zero attached hydrogens (tertiary/aromatic N) is 2. The summed E-state index contributed by atoms with van der Waals surface area (Å²) in [7, 11) is 3.76. The third-order valence-corrected chi connectivity index (χ3v) is 2.21. The maximum absolute atomic E-state index is 12.6. The molecule has 0 fully saturated rings. The molecule has 0 aliphatic carbocycles. The first-order valence-corrected chi connectivity index (χ1v) is 5.44. The fourth-order valence-corrected chi connectivity index (χ4v) is 1.64. The minimum absolute atomic E-state index is 0.0321. The molecule has 1 atom stereocenters. The van der Waals surface area contributed by atoms with Gasteiger partial charge < -0.3 is 16.0 Å². The van der Waals surface area contributed by atoms with Crippen LogP contribution in [0.4, 0.5) is 24.8 Å². The van der Waals surface area contributed by atoms with Gasteiger partial charge >= 0.3 is 6.18 Å². The Kier molecular flexibility index (Phi) is 4.39. The Bertz CT molecular complexity index is 404. The molecule has 7 heteroatoms. The van der Waals surface area contributed by atoms with E-state index in [0.717, 1.165) is 12.1 Å². The Balaban J connectivity index is 2.87. The van der Waals surface area contributed by atoms with E-state index in [4.69, 9.17) is 5.73 Å². The van der Waals surface area contributed by atoms with Crippen LogP contribution in [0.15, 0.2) is 12.1 Å². The van der Waals surface area contributed by atoms with E-state index in [2.05, 4.69) is 10.3 Å². The van der Waals surface area contributed by atoms with Gasteiger partial charge in [-0.3, -0.25) is 0 Å². The number of nitrogens with two attached hydrogens (primary N) is 1. The van der Waals surface area contributed by atoms with Crippen molar-refractivity contribution in [2.45, 2.75) is 19.1 Å². The second kappa shape index (κ2) is 5.43. The highest BCUT2D eigenvalue weighted by Gasteiger charge is 2.31. The molecule has 0 spiro atoms. The van der Waals surface area contributed by atoms with Crippen molar-refractivity contribution in [2.24, 2.45) is 0 Å². The van der Waals surface area contributed by atoms with E-state index >= 15 is 0 Å². The zero-order chi connectivity index (χ0) is 13.9. The number of nitrogen functional groups attached to an aromatic ring is 1. The molecule has 0 bridgehead atoms. The predicted molar refractivity (Wildman–Crippen MR) is 65.3 cm³/mol. The maximum Gasteiger partial charge on any atom is 0.416 e. The third kappa shape index (κ3) is 4.40. The monoisotopic (exact) mass is 262 g/mol. The van der Waals surface area contributed by atoms with Crippen molar-refractivity contribution in [3.05, 3.63) is 17.7 Å². The molecule has 1 heterocycles. The zero-order valence-corrected chi connectivity index (χ0v) is 10.5. The number of halogens is 3. The van der Waals surface area contributed by atoms with Crippen molar-refractivity contribution in [3.8, 4) is 0 Å². The number of hydrogen-bond donors (Lipinski definition) is 2. The lowest BCUT2D eigenvalue weighted by Crippen LogP contribution is -2.30. The summed E-state index contributed by atoms with van der Waals surface area (Å²) in [5.74, 6) is -0.0129. The SMILES string of the molecule is CC(CN(C)C)Nc1cc(C(F)(F)F)cc(N)n1. The number of nitrogens with one attached hydrogen (secondary N) is 1. The average Bonchev–Trinajstić information content (AvgIpc) is 2.13. The van der Waals surface area contributed by atoms with E-state index in [-0.39, 0.29) is 17.7 Å². The number of pyridine rings is 1. The molecule has 1 aromatic heterocycles. The second-order valence-corrected chi connectivity index (χ2v) is 4.47. The Hall–Kier alpha value is -1.50. The quantitative estimate of drug-likeness (QED) is 0.872. The van der Waals surface area contributed by atoms with Crippen LogP contribution in [0.25, 0.3) is 0 Å². The van der Waals surface area contributed by atoms with Crippen LogP contribution in [0.3, 0.4) is 0 Å². The fraction of sp³-hybridized carbons (Fsp3) is 0.545. The van der Waals surface area contributed by atoms with Gasteiger partial charge in [-0.15, -0.1) is 0 Å². The summed E-state index contributed by atoms with van der Waals surface area (Å²) in [6.07, 6.45) is -4.42. The Morgan fingerprint density at radius 3 is 2.50 bits per heavy atom. The summed E-state index contributed by atoms with van der Waals surface area (Å²) < 4.78 is 37.7. The lowest BCUT2D eigenvalue weighted by Gasteiger charge is -2.19. The number of aromatic nitrogens is 1. The Morgan fingerprint density at radius 2 is 2.00 bits per heavy atom. The fourth-order valence-electron chi connectivity index (χ4n) is 1.64. The van der Waals surface area contributed by atoms with Gasteiger partial charge in [-0.05, 0) is 33.2 Å². The molecule has 0 saturated carbocycles. The Labute approximate surface area is 104 Å². The van der Waals surface area contributed by atoms with Gasteiger partial charge in [0.15, 0.2) is 0 Å². The third-order valence-electron chi connectivity index (χ3n) is 2.21. The van der Waals surface area contributed by atoms with Crippen LogP contribution in [0.1, 0.15) is 12.5 Å². The highest BCUT2D eigenvalue weighted by atomic mass is 19.4. The minimum atomic E-state index is -4.42. The standard InChI is InChI=1S/C11H17F3N4/c1-7(6-18(2)3)16-10-5-8(11(12,13)14)4-9(15)17-10/h4-5,7H,6H2,1-3H3,(H3,15,16,17). The number of alkyl halides is 3. The lowest BCUT2D eigenvalue weighted by atomic mass is 10.2. The molecule has 0 aromatic carbocycles. The van der Waals surface area contributed by atoms with Crippen LogP contribution >= 0.6 is 0 Å². The van der Waals surface area contributed by atoms with Gasteiger partial charge in [0.05, 0.1) is 5.56 Å². The molecular formula is C11H17F3N4. The zero-order valence-electron chi connectivity index (χ0n) is 10.5. The molecule has 102 valence electrons. The molecule has 0 amide bonds. The number of likely N-dealkylation sites (N-methyl/N-ethyl adjacent to an activating group) is 1. The van der Waals surface area contributed by atoms with Crippen molar-refractivity contribution in [3.63, 3.8) is 0 Å². The highest BCUT2D eigenvalue weighted by Crippen LogP contribution is 2.31. The lowest BCUT2D eigenvalue weighted by molar-refractivity contribution is -0.137. The molecular weight excluding hydrogens is 245 g/mol. The van der Waals surface area contributed by atoms with Gasteiger partial charge in [-0.1, -0.05) is 0 Å².